The maximum Gasteiger partial charge on any atom is 0.416 e. The lowest BCUT2D eigenvalue weighted by atomic mass is 10.2. The highest BCUT2D eigenvalue weighted by Gasteiger charge is 2.32. The number of rotatable bonds is 6. The number of oxazole rings is 1. The summed E-state index contributed by atoms with van der Waals surface area (Å²) in [5, 5.41) is 4.49. The number of amides is 1. The van der Waals surface area contributed by atoms with Crippen molar-refractivity contribution in [3.8, 4) is 11.4 Å². The summed E-state index contributed by atoms with van der Waals surface area (Å²) in [6.45, 7) is 0. The number of nitrogens with one attached hydrogen (secondary N) is 1. The number of sulfonamides is 1. The number of alkyl halides is 3. The molecule has 3 aromatic heterocycles. The van der Waals surface area contributed by atoms with Gasteiger partial charge in [-0.05, 0) is 36.4 Å². The highest BCUT2D eigenvalue weighted by atomic mass is 32.2. The zero-order valence-electron chi connectivity index (χ0n) is 17.1. The molecule has 1 amide bonds. The van der Waals surface area contributed by atoms with E-state index >= 15 is 0 Å². The monoisotopic (exact) mass is 509 g/mol. The van der Waals surface area contributed by atoms with Gasteiger partial charge in [0.05, 0.1) is 22.3 Å². The third-order valence-electron chi connectivity index (χ3n) is 4.48. The first-order valence-corrected chi connectivity index (χ1v) is 11.7. The van der Waals surface area contributed by atoms with Gasteiger partial charge in [-0.15, -0.1) is 11.3 Å². The fraction of sp³-hybridized carbons (Fsp3) is 0.100. The summed E-state index contributed by atoms with van der Waals surface area (Å²) in [5.74, 6) is -1.01. The molecular weight excluding hydrogens is 495 g/mol. The van der Waals surface area contributed by atoms with Crippen LogP contribution in [0.5, 0.6) is 0 Å². The van der Waals surface area contributed by atoms with Crippen LogP contribution in [-0.4, -0.2) is 36.3 Å². The molecule has 0 radical (unpaired) electrons. The van der Waals surface area contributed by atoms with Crippen LogP contribution in [0.15, 0.2) is 69.6 Å². The van der Waals surface area contributed by atoms with Gasteiger partial charge in [-0.25, -0.2) is 22.7 Å². The largest absolute Gasteiger partial charge is 0.417 e. The van der Waals surface area contributed by atoms with Crippen LogP contribution in [0.3, 0.4) is 0 Å². The second kappa shape index (κ2) is 8.87. The number of hydrogen-bond acceptors (Lipinski definition) is 8. The number of anilines is 2. The van der Waals surface area contributed by atoms with Gasteiger partial charge >= 0.3 is 12.2 Å². The van der Waals surface area contributed by atoms with Crippen molar-refractivity contribution in [2.75, 3.05) is 16.7 Å². The Balaban J connectivity index is 1.48. The molecule has 1 aromatic carbocycles. The first-order chi connectivity index (χ1) is 16.1. The number of pyridine rings is 1. The lowest BCUT2D eigenvalue weighted by Gasteiger charge is -2.15. The minimum Gasteiger partial charge on any atom is -0.417 e. The Bertz CT molecular complexity index is 1420. The summed E-state index contributed by atoms with van der Waals surface area (Å²) < 4.78 is 69.5. The van der Waals surface area contributed by atoms with Crippen LogP contribution in [-0.2, 0) is 16.2 Å². The molecule has 34 heavy (non-hydrogen) atoms. The molecule has 4 rings (SSSR count). The second-order valence-corrected chi connectivity index (χ2v) is 9.54. The number of hydrogen-bond donors (Lipinski definition) is 1. The van der Waals surface area contributed by atoms with Gasteiger partial charge < -0.3 is 4.42 Å². The fourth-order valence-corrected chi connectivity index (χ4v) is 4.50. The van der Waals surface area contributed by atoms with Crippen LogP contribution in [0.25, 0.3) is 11.4 Å². The Morgan fingerprint density at radius 2 is 1.82 bits per heavy atom. The summed E-state index contributed by atoms with van der Waals surface area (Å²) in [7, 11) is -3.19. The molecule has 0 spiro atoms. The average molecular weight is 509 g/mol. The quantitative estimate of drug-likeness (QED) is 0.412. The number of aromatic nitrogens is 3. The predicted octanol–water partition coefficient (Wildman–Crippen LogP) is 4.29. The molecule has 0 bridgehead atoms. The predicted molar refractivity (Wildman–Crippen MR) is 117 cm³/mol. The molecule has 0 aliphatic heterocycles. The van der Waals surface area contributed by atoms with Crippen LogP contribution in [0.1, 0.15) is 16.1 Å². The van der Waals surface area contributed by atoms with Gasteiger partial charge in [0.2, 0.25) is 5.76 Å². The number of carbonyl (C=O) groups excluding carboxylic acids is 1. The molecule has 0 aliphatic carbocycles. The van der Waals surface area contributed by atoms with Gasteiger partial charge in [0.1, 0.15) is 5.69 Å². The SMILES string of the molecule is CN(c1ncc(C(=O)Nc2nc(-c3ccccn3)cs2)o1)S(=O)(=O)c1ccc(C(F)(F)F)cc1. The topological polar surface area (TPSA) is 118 Å². The zero-order valence-corrected chi connectivity index (χ0v) is 18.8. The number of nitrogens with zero attached hydrogens (tertiary/aromatic N) is 4. The molecule has 9 nitrogen and oxygen atoms in total. The summed E-state index contributed by atoms with van der Waals surface area (Å²) in [4.78, 5) is 24.3. The fourth-order valence-electron chi connectivity index (χ4n) is 2.71. The van der Waals surface area contributed by atoms with E-state index in [1.807, 2.05) is 0 Å². The van der Waals surface area contributed by atoms with Gasteiger partial charge in [0.15, 0.2) is 5.13 Å². The Labute approximate surface area is 195 Å². The third kappa shape index (κ3) is 4.77. The molecule has 3 heterocycles. The maximum atomic E-state index is 12.7. The van der Waals surface area contributed by atoms with Gasteiger partial charge in [-0.3, -0.25) is 15.1 Å². The van der Waals surface area contributed by atoms with Crippen LogP contribution in [0.2, 0.25) is 0 Å². The van der Waals surface area contributed by atoms with E-state index in [-0.39, 0.29) is 10.9 Å². The van der Waals surface area contributed by atoms with Crippen molar-refractivity contribution in [2.45, 2.75) is 11.1 Å². The normalized spacial score (nSPS) is 11.9. The van der Waals surface area contributed by atoms with Crippen molar-refractivity contribution in [3.63, 3.8) is 0 Å². The lowest BCUT2D eigenvalue weighted by molar-refractivity contribution is -0.137. The van der Waals surface area contributed by atoms with E-state index in [1.165, 1.54) is 0 Å². The Kier molecular flexibility index (Phi) is 6.10. The van der Waals surface area contributed by atoms with Crippen molar-refractivity contribution >= 4 is 38.4 Å². The molecular formula is C20H14F3N5O4S2. The van der Waals surface area contributed by atoms with Gasteiger partial charge in [0, 0.05) is 18.6 Å². The third-order valence-corrected chi connectivity index (χ3v) is 6.98. The van der Waals surface area contributed by atoms with Crippen LogP contribution in [0.4, 0.5) is 24.3 Å². The first kappa shape index (κ1) is 23.4. The highest BCUT2D eigenvalue weighted by molar-refractivity contribution is 7.92. The van der Waals surface area contributed by atoms with Crippen LogP contribution in [0, 0.1) is 0 Å². The first-order valence-electron chi connectivity index (χ1n) is 9.36. The molecule has 176 valence electrons. The second-order valence-electron chi connectivity index (χ2n) is 6.71. The van der Waals surface area contributed by atoms with Crippen molar-refractivity contribution in [3.05, 3.63) is 71.6 Å². The van der Waals surface area contributed by atoms with E-state index in [4.69, 9.17) is 4.42 Å². The number of thiazole rings is 1. The standard InChI is InChI=1S/C20H14F3N5O4S2/c1-28(34(30,31)13-7-5-12(6-8-13)20(21,22)23)19-25-10-16(32-19)17(29)27-18-26-15(11-33-18)14-4-2-3-9-24-14/h2-11H,1H3,(H,26,27,29). The van der Waals surface area contributed by atoms with Crippen molar-refractivity contribution < 1.29 is 30.8 Å². The Morgan fingerprint density at radius 1 is 1.09 bits per heavy atom. The van der Waals surface area contributed by atoms with E-state index in [0.29, 0.717) is 27.8 Å². The maximum absolute atomic E-state index is 12.7. The number of halogens is 3. The van der Waals surface area contributed by atoms with Gasteiger partial charge in [-0.2, -0.15) is 13.2 Å². The molecule has 0 unspecified atom stereocenters. The molecule has 14 heteroatoms. The van der Waals surface area contributed by atoms with E-state index in [2.05, 4.69) is 20.3 Å². The van der Waals surface area contributed by atoms with E-state index in [1.54, 1.807) is 29.8 Å². The molecule has 0 atom stereocenters. The minimum absolute atomic E-state index is 0.259. The van der Waals surface area contributed by atoms with Crippen molar-refractivity contribution in [1.82, 2.24) is 15.0 Å². The van der Waals surface area contributed by atoms with Gasteiger partial charge in [0.25, 0.3) is 15.9 Å². The van der Waals surface area contributed by atoms with E-state index in [9.17, 15) is 26.4 Å². The summed E-state index contributed by atoms with van der Waals surface area (Å²) in [5.41, 5.74) is 0.190. The minimum atomic E-state index is -4.60. The molecule has 0 fully saturated rings. The molecule has 0 saturated carbocycles. The number of benzene rings is 1. The summed E-state index contributed by atoms with van der Waals surface area (Å²) in [6.07, 6.45) is -1.97. The van der Waals surface area contributed by atoms with Gasteiger partial charge in [-0.1, -0.05) is 6.07 Å². The van der Waals surface area contributed by atoms with Crippen molar-refractivity contribution in [2.24, 2.45) is 0 Å². The molecule has 1 N–H and O–H groups in total. The molecule has 0 aliphatic rings. The van der Waals surface area contributed by atoms with Crippen molar-refractivity contribution in [1.29, 1.82) is 0 Å². The molecule has 4 aromatic rings. The average Bonchev–Trinajstić information content (AvgIpc) is 3.49. The lowest BCUT2D eigenvalue weighted by Crippen LogP contribution is -2.27. The summed E-state index contributed by atoms with van der Waals surface area (Å²) >= 11 is 1.15. The van der Waals surface area contributed by atoms with E-state index < -0.39 is 38.6 Å². The smallest absolute Gasteiger partial charge is 0.416 e. The summed E-state index contributed by atoms with van der Waals surface area (Å²) in [6, 6.07) is 7.83. The van der Waals surface area contributed by atoms with Crippen LogP contribution >= 0.6 is 11.3 Å². The van der Waals surface area contributed by atoms with E-state index in [0.717, 1.165) is 36.7 Å². The van der Waals surface area contributed by atoms with Crippen LogP contribution < -0.4 is 9.62 Å². The number of carbonyl (C=O) groups is 1. The molecule has 0 saturated heterocycles. The Morgan fingerprint density at radius 3 is 2.47 bits per heavy atom. The zero-order chi connectivity index (χ0) is 24.5. The Hall–Kier alpha value is -3.78. The highest BCUT2D eigenvalue weighted by Crippen LogP contribution is 2.31.